The second kappa shape index (κ2) is 13.3. The number of hydrogen-bond acceptors (Lipinski definition) is 5. The van der Waals surface area contributed by atoms with Gasteiger partial charge in [-0.15, -0.1) is 0 Å². The third-order valence-corrected chi connectivity index (χ3v) is 8.72. The van der Waals surface area contributed by atoms with Gasteiger partial charge >= 0.3 is 11.9 Å². The molecule has 2 aliphatic rings. The Kier molecular flexibility index (Phi) is 9.71. The Labute approximate surface area is 256 Å². The van der Waals surface area contributed by atoms with E-state index < -0.39 is 5.97 Å². The van der Waals surface area contributed by atoms with E-state index in [4.69, 9.17) is 4.74 Å². The van der Waals surface area contributed by atoms with Gasteiger partial charge in [0.15, 0.2) is 0 Å². The zero-order valence-corrected chi connectivity index (χ0v) is 26.1. The van der Waals surface area contributed by atoms with Crippen molar-refractivity contribution in [2.24, 2.45) is 10.9 Å². The molecule has 232 valence electrons. The fourth-order valence-electron chi connectivity index (χ4n) is 6.00. The predicted octanol–water partition coefficient (Wildman–Crippen LogP) is 2.80. The van der Waals surface area contributed by atoms with E-state index in [0.29, 0.717) is 30.5 Å². The van der Waals surface area contributed by atoms with E-state index in [0.717, 1.165) is 55.5 Å². The summed E-state index contributed by atoms with van der Waals surface area (Å²) >= 11 is 0. The molecule has 4 rings (SSSR count). The van der Waals surface area contributed by atoms with Crippen molar-refractivity contribution >= 4 is 41.6 Å². The number of nitrogens with zero attached hydrogens (tertiary/aromatic N) is 1. The smallest absolute Gasteiger partial charge is 0.305 e. The number of ether oxygens (including phenoxy) is 1. The number of aliphatic imine (C=N–C) groups is 1. The summed E-state index contributed by atoms with van der Waals surface area (Å²) in [5.74, 6) is -1.90. The zero-order chi connectivity index (χ0) is 32.3. The normalized spacial score (nSPS) is 20.1. The van der Waals surface area contributed by atoms with Crippen LogP contribution in [0, 0.1) is 19.8 Å². The second-order valence-electron chi connectivity index (χ2n) is 11.3. The van der Waals surface area contributed by atoms with Gasteiger partial charge < -0.3 is 25.1 Å². The van der Waals surface area contributed by atoms with Gasteiger partial charge in [-0.25, -0.2) is 4.99 Å². The third-order valence-electron chi connectivity index (χ3n) is 8.72. The van der Waals surface area contributed by atoms with Gasteiger partial charge in [0.05, 0.1) is 24.8 Å². The van der Waals surface area contributed by atoms with Gasteiger partial charge in [0.25, 0.3) is 11.8 Å². The van der Waals surface area contributed by atoms with Crippen LogP contribution in [-0.2, 0) is 43.2 Å². The molecule has 4 heterocycles. The van der Waals surface area contributed by atoms with Gasteiger partial charge in [-0.3, -0.25) is 19.2 Å². The summed E-state index contributed by atoms with van der Waals surface area (Å²) in [6, 6.07) is -0.202. The van der Waals surface area contributed by atoms with E-state index in [2.05, 4.69) is 26.9 Å². The van der Waals surface area contributed by atoms with Crippen LogP contribution in [0.2, 0.25) is 0 Å². The topological polar surface area (TPSA) is 154 Å². The van der Waals surface area contributed by atoms with Gasteiger partial charge in [0, 0.05) is 46.9 Å². The van der Waals surface area contributed by atoms with Crippen LogP contribution in [0.15, 0.2) is 40.4 Å². The summed E-state index contributed by atoms with van der Waals surface area (Å²) in [5, 5.41) is 13.9. The molecule has 2 aromatic heterocycles. The number of aromatic nitrogens is 2. The molecule has 2 aromatic rings. The predicted molar refractivity (Wildman–Crippen MR) is 169 cm³/mol. The minimum absolute atomic E-state index is 0.0572. The summed E-state index contributed by atoms with van der Waals surface area (Å²) in [7, 11) is 1.36. The lowest BCUT2D eigenvalue weighted by atomic mass is 9.98. The molecule has 2 aliphatic heterocycles. The summed E-state index contributed by atoms with van der Waals surface area (Å²) in [4.78, 5) is 59.6. The molecule has 0 bridgehead atoms. The number of carboxylic acid groups (broad SMARTS) is 1. The van der Waals surface area contributed by atoms with E-state index in [1.807, 2.05) is 52.8 Å². The van der Waals surface area contributed by atoms with Gasteiger partial charge in [0.1, 0.15) is 0 Å². The number of carbonyl (C=O) groups is 4. The van der Waals surface area contributed by atoms with Gasteiger partial charge in [-0.05, 0) is 93.0 Å². The number of aliphatic carboxylic acids is 1. The van der Waals surface area contributed by atoms with Crippen molar-refractivity contribution in [2.45, 2.75) is 72.8 Å². The highest BCUT2D eigenvalue weighted by Gasteiger charge is 2.29. The Morgan fingerprint density at radius 2 is 1.73 bits per heavy atom. The maximum atomic E-state index is 12.4. The average molecular weight is 601 g/mol. The SMILES string of the molecule is C=CC1=C(C)C(Cc2[nH]c(/C=c3\[nH]/c(=C\C4=NC(=O)C(C)C4=CC)c(C)c3CCC(=O)O)c(CCC(=O)OC)c2C)NC1=O. The van der Waals surface area contributed by atoms with E-state index in [-0.39, 0.29) is 42.6 Å². The summed E-state index contributed by atoms with van der Waals surface area (Å²) < 4.78 is 4.90. The number of nitrogens with one attached hydrogen (secondary N) is 3. The molecule has 0 aromatic carbocycles. The maximum Gasteiger partial charge on any atom is 0.305 e. The average Bonchev–Trinajstić information content (AvgIpc) is 3.63. The molecule has 2 unspecified atom stereocenters. The number of carbonyl (C=O) groups excluding carboxylic acids is 3. The van der Waals surface area contributed by atoms with Crippen molar-refractivity contribution in [3.63, 3.8) is 0 Å². The van der Waals surface area contributed by atoms with Crippen LogP contribution < -0.4 is 16.0 Å². The van der Waals surface area contributed by atoms with Gasteiger partial charge in [-0.1, -0.05) is 18.7 Å². The fraction of sp³-hybridized carbons (Fsp3) is 0.382. The molecule has 10 heteroatoms. The Balaban J connectivity index is 1.86. The quantitative estimate of drug-likeness (QED) is 0.291. The first-order valence-corrected chi connectivity index (χ1v) is 14.7. The summed E-state index contributed by atoms with van der Waals surface area (Å²) in [5.41, 5.74) is 8.23. The summed E-state index contributed by atoms with van der Waals surface area (Å²) in [6.07, 6.45) is 8.61. The minimum Gasteiger partial charge on any atom is -0.481 e. The number of rotatable bonds is 11. The number of aromatic amines is 2. The first kappa shape index (κ1) is 32.2. The van der Waals surface area contributed by atoms with Crippen molar-refractivity contribution in [1.29, 1.82) is 0 Å². The zero-order valence-electron chi connectivity index (χ0n) is 26.1. The molecule has 0 spiro atoms. The molecule has 4 N–H and O–H groups in total. The molecule has 2 amide bonds. The molecule has 0 aliphatic carbocycles. The molecule has 0 radical (unpaired) electrons. The number of carboxylic acids is 1. The highest BCUT2D eigenvalue weighted by molar-refractivity contribution is 6.29. The number of amides is 2. The van der Waals surface area contributed by atoms with E-state index in [1.165, 1.54) is 7.11 Å². The third kappa shape index (κ3) is 6.44. The molecule has 0 fully saturated rings. The van der Waals surface area contributed by atoms with Gasteiger partial charge in [-0.2, -0.15) is 0 Å². The molecule has 0 saturated carbocycles. The van der Waals surface area contributed by atoms with Crippen molar-refractivity contribution in [3.8, 4) is 0 Å². The largest absolute Gasteiger partial charge is 0.481 e. The fourth-order valence-corrected chi connectivity index (χ4v) is 6.00. The van der Waals surface area contributed by atoms with Crippen molar-refractivity contribution in [3.05, 3.63) is 79.8 Å². The first-order valence-electron chi connectivity index (χ1n) is 14.7. The highest BCUT2D eigenvalue weighted by atomic mass is 16.5. The van der Waals surface area contributed by atoms with E-state index in [1.54, 1.807) is 6.08 Å². The Hall–Kier alpha value is -4.73. The van der Waals surface area contributed by atoms with Crippen LogP contribution >= 0.6 is 0 Å². The van der Waals surface area contributed by atoms with Crippen LogP contribution in [0.4, 0.5) is 0 Å². The van der Waals surface area contributed by atoms with Crippen LogP contribution in [0.25, 0.3) is 12.2 Å². The number of H-pyrrole nitrogens is 2. The van der Waals surface area contributed by atoms with Crippen LogP contribution in [0.3, 0.4) is 0 Å². The number of esters is 1. The molecule has 2 atom stereocenters. The Bertz CT molecular complexity index is 1760. The van der Waals surface area contributed by atoms with Crippen LogP contribution in [0.1, 0.15) is 67.3 Å². The molecular formula is C34H40N4O6. The molecule has 44 heavy (non-hydrogen) atoms. The summed E-state index contributed by atoms with van der Waals surface area (Å²) in [6.45, 7) is 13.3. The Morgan fingerprint density at radius 1 is 1.02 bits per heavy atom. The number of allylic oxidation sites excluding steroid dienone is 1. The highest BCUT2D eigenvalue weighted by Crippen LogP contribution is 2.27. The van der Waals surface area contributed by atoms with E-state index >= 15 is 0 Å². The Morgan fingerprint density at radius 3 is 2.34 bits per heavy atom. The van der Waals surface area contributed by atoms with Gasteiger partial charge in [0.2, 0.25) is 0 Å². The molecule has 0 saturated heterocycles. The lowest BCUT2D eigenvalue weighted by molar-refractivity contribution is -0.140. The second-order valence-corrected chi connectivity index (χ2v) is 11.3. The standard InChI is InChI=1S/C34H40N4O6/c1-8-21-20(6)33(42)38-28(21)15-26-18(4)23(10-12-31(39)40)29(36-26)16-30-24(11-13-32(41)44-7)19(5)25(35-30)14-27-17(3)22(9-2)34(43)37-27/h8-9,15-16,20,27,35-36H,2,10-14H2,1,3-7H3,(H,37,43)(H,39,40)/b21-8?,26-15-,29-16-. The number of methoxy groups -OCH3 is 1. The lowest BCUT2D eigenvalue weighted by Gasteiger charge is -2.12. The maximum absolute atomic E-state index is 12.4. The van der Waals surface area contributed by atoms with Crippen LogP contribution in [0.5, 0.6) is 0 Å². The van der Waals surface area contributed by atoms with Crippen LogP contribution in [-0.4, -0.2) is 57.7 Å². The minimum atomic E-state index is -0.907. The number of hydrogen-bond donors (Lipinski definition) is 4. The van der Waals surface area contributed by atoms with Crippen molar-refractivity contribution in [2.75, 3.05) is 7.11 Å². The lowest BCUT2D eigenvalue weighted by Crippen LogP contribution is -2.30. The van der Waals surface area contributed by atoms with Crippen molar-refractivity contribution < 1.29 is 29.0 Å². The molecular weight excluding hydrogens is 560 g/mol. The van der Waals surface area contributed by atoms with E-state index in [9.17, 15) is 24.3 Å². The monoisotopic (exact) mass is 600 g/mol. The first-order chi connectivity index (χ1) is 20.9. The van der Waals surface area contributed by atoms with Crippen molar-refractivity contribution in [1.82, 2.24) is 15.3 Å². The molecule has 10 nitrogen and oxygen atoms in total.